The largest absolute Gasteiger partial charge is 0.493 e. The van der Waals surface area contributed by atoms with Crippen molar-refractivity contribution in [2.24, 2.45) is 0 Å². The van der Waals surface area contributed by atoms with Crippen LogP contribution in [0.3, 0.4) is 0 Å². The summed E-state index contributed by atoms with van der Waals surface area (Å²) in [7, 11) is 0. The molecule has 1 unspecified atom stereocenters. The van der Waals surface area contributed by atoms with Crippen molar-refractivity contribution in [1.82, 2.24) is 0 Å². The number of rotatable bonds is 1. The van der Waals surface area contributed by atoms with E-state index in [1.165, 1.54) is 5.56 Å². The second-order valence-corrected chi connectivity index (χ2v) is 6.18. The minimum Gasteiger partial charge on any atom is -0.493 e. The monoisotopic (exact) mass is 314 g/mol. The molecule has 22 heavy (non-hydrogen) atoms. The molecule has 0 bridgehead atoms. The highest BCUT2D eigenvalue weighted by molar-refractivity contribution is 6.30. The number of aliphatic hydroxyl groups is 1. The topological polar surface area (TPSA) is 29.5 Å². The average Bonchev–Trinajstić information content (AvgIpc) is 2.63. The second-order valence-electron chi connectivity index (χ2n) is 5.75. The van der Waals surface area contributed by atoms with Crippen molar-refractivity contribution in [2.75, 3.05) is 6.61 Å². The van der Waals surface area contributed by atoms with Gasteiger partial charge in [0.2, 0.25) is 0 Å². The van der Waals surface area contributed by atoms with E-state index in [1.807, 2.05) is 42.5 Å². The highest BCUT2D eigenvalue weighted by Gasteiger charge is 2.22. The van der Waals surface area contributed by atoms with E-state index in [4.69, 9.17) is 16.3 Å². The molecule has 2 aromatic carbocycles. The zero-order valence-corrected chi connectivity index (χ0v) is 13.5. The van der Waals surface area contributed by atoms with Gasteiger partial charge in [-0.05, 0) is 60.4 Å². The van der Waals surface area contributed by atoms with Crippen molar-refractivity contribution in [2.45, 2.75) is 26.4 Å². The third kappa shape index (κ3) is 3.03. The zero-order chi connectivity index (χ0) is 15.7. The van der Waals surface area contributed by atoms with E-state index < -0.39 is 6.10 Å². The summed E-state index contributed by atoms with van der Waals surface area (Å²) in [5, 5.41) is 11.5. The van der Waals surface area contributed by atoms with Gasteiger partial charge in [-0.3, -0.25) is 0 Å². The third-order valence-corrected chi connectivity index (χ3v) is 4.39. The predicted octanol–water partition coefficient (Wildman–Crippen LogP) is 4.86. The Balaban J connectivity index is 2.00. The van der Waals surface area contributed by atoms with Crippen LogP contribution < -0.4 is 4.74 Å². The van der Waals surface area contributed by atoms with Crippen LogP contribution in [0.1, 0.15) is 34.8 Å². The van der Waals surface area contributed by atoms with Gasteiger partial charge in [-0.2, -0.15) is 0 Å². The molecular formula is C19H19ClO2. The third-order valence-electron chi connectivity index (χ3n) is 4.14. The Bertz CT molecular complexity index is 717. The Morgan fingerprint density at radius 2 is 1.82 bits per heavy atom. The summed E-state index contributed by atoms with van der Waals surface area (Å²) in [6.07, 6.45) is 2.10. The molecule has 3 rings (SSSR count). The van der Waals surface area contributed by atoms with Crippen molar-refractivity contribution in [3.05, 3.63) is 69.2 Å². The second kappa shape index (κ2) is 6.15. The van der Waals surface area contributed by atoms with Crippen molar-refractivity contribution < 1.29 is 9.84 Å². The summed E-state index contributed by atoms with van der Waals surface area (Å²) < 4.78 is 5.82. The number of aryl methyl sites for hydroxylation is 2. The zero-order valence-electron chi connectivity index (χ0n) is 12.8. The van der Waals surface area contributed by atoms with E-state index in [-0.39, 0.29) is 0 Å². The number of hydrogen-bond acceptors (Lipinski definition) is 2. The Morgan fingerprint density at radius 1 is 1.14 bits per heavy atom. The Labute approximate surface area is 136 Å². The smallest absolute Gasteiger partial charge is 0.125 e. The van der Waals surface area contributed by atoms with Crippen LogP contribution in [0.4, 0.5) is 0 Å². The van der Waals surface area contributed by atoms with E-state index in [0.29, 0.717) is 18.1 Å². The van der Waals surface area contributed by atoms with E-state index in [0.717, 1.165) is 28.0 Å². The first-order valence-electron chi connectivity index (χ1n) is 7.42. The Kier molecular flexibility index (Phi) is 4.23. The lowest BCUT2D eigenvalue weighted by molar-refractivity contribution is 0.214. The molecule has 114 valence electrons. The molecule has 1 aliphatic rings. The van der Waals surface area contributed by atoms with E-state index in [1.54, 1.807) is 0 Å². The number of aliphatic hydroxyl groups excluding tert-OH is 1. The molecule has 0 aromatic heterocycles. The van der Waals surface area contributed by atoms with Crippen molar-refractivity contribution in [3.8, 4) is 5.75 Å². The summed E-state index contributed by atoms with van der Waals surface area (Å²) in [6.45, 7) is 4.68. The van der Waals surface area contributed by atoms with Crippen LogP contribution >= 0.6 is 11.6 Å². The summed E-state index contributed by atoms with van der Waals surface area (Å²) >= 11 is 5.92. The molecule has 0 amide bonds. The van der Waals surface area contributed by atoms with E-state index in [2.05, 4.69) is 13.8 Å². The van der Waals surface area contributed by atoms with Gasteiger partial charge in [-0.15, -0.1) is 0 Å². The molecule has 1 atom stereocenters. The van der Waals surface area contributed by atoms with Gasteiger partial charge in [0.1, 0.15) is 11.9 Å². The van der Waals surface area contributed by atoms with Crippen LogP contribution in [-0.2, 0) is 0 Å². The summed E-state index contributed by atoms with van der Waals surface area (Å²) in [6, 6.07) is 11.7. The van der Waals surface area contributed by atoms with Gasteiger partial charge < -0.3 is 9.84 Å². The first-order valence-corrected chi connectivity index (χ1v) is 7.80. The lowest BCUT2D eigenvalue weighted by Crippen LogP contribution is -2.01. The molecule has 0 saturated carbocycles. The van der Waals surface area contributed by atoms with Crippen molar-refractivity contribution in [1.29, 1.82) is 0 Å². The fourth-order valence-electron chi connectivity index (χ4n) is 2.69. The van der Waals surface area contributed by atoms with Gasteiger partial charge in [-0.25, -0.2) is 0 Å². The van der Waals surface area contributed by atoms with Gasteiger partial charge in [0.05, 0.1) is 6.61 Å². The number of benzene rings is 2. The average molecular weight is 315 g/mol. The van der Waals surface area contributed by atoms with Crippen LogP contribution in [0, 0.1) is 13.8 Å². The van der Waals surface area contributed by atoms with Crippen LogP contribution in [0.25, 0.3) is 6.08 Å². The van der Waals surface area contributed by atoms with Crippen LogP contribution in [0.2, 0.25) is 5.02 Å². The van der Waals surface area contributed by atoms with Crippen LogP contribution in [0.5, 0.6) is 5.75 Å². The first-order chi connectivity index (χ1) is 10.5. The molecule has 0 aliphatic carbocycles. The lowest BCUT2D eigenvalue weighted by atomic mass is 9.95. The molecule has 0 radical (unpaired) electrons. The number of hydrogen-bond donors (Lipinski definition) is 1. The van der Waals surface area contributed by atoms with Gasteiger partial charge in [0, 0.05) is 17.0 Å². The molecule has 0 spiro atoms. The number of fused-ring (bicyclic) bond motifs is 1. The number of ether oxygens (including phenoxy) is 1. The first kappa shape index (κ1) is 15.1. The molecule has 1 aliphatic heterocycles. The van der Waals surface area contributed by atoms with Crippen molar-refractivity contribution >= 4 is 17.7 Å². The highest BCUT2D eigenvalue weighted by Crippen LogP contribution is 2.37. The molecule has 1 N–H and O–H groups in total. The summed E-state index contributed by atoms with van der Waals surface area (Å²) in [5.74, 6) is 0.787. The van der Waals surface area contributed by atoms with Crippen molar-refractivity contribution in [3.63, 3.8) is 0 Å². The molecule has 3 heteroatoms. The van der Waals surface area contributed by atoms with Crippen LogP contribution in [0.15, 0.2) is 42.0 Å². The number of halogens is 1. The van der Waals surface area contributed by atoms with E-state index in [9.17, 15) is 5.11 Å². The van der Waals surface area contributed by atoms with E-state index >= 15 is 0 Å². The molecular weight excluding hydrogens is 296 g/mol. The fraction of sp³-hybridized carbons (Fsp3) is 0.263. The van der Waals surface area contributed by atoms with Gasteiger partial charge in [0.15, 0.2) is 0 Å². The van der Waals surface area contributed by atoms with Gasteiger partial charge >= 0.3 is 0 Å². The molecule has 1 heterocycles. The predicted molar refractivity (Wildman–Crippen MR) is 90.4 cm³/mol. The Morgan fingerprint density at radius 3 is 2.55 bits per heavy atom. The summed E-state index contributed by atoms with van der Waals surface area (Å²) in [4.78, 5) is 0. The maximum absolute atomic E-state index is 10.8. The molecule has 2 aromatic rings. The quantitative estimate of drug-likeness (QED) is 0.814. The molecule has 0 fully saturated rings. The lowest BCUT2D eigenvalue weighted by Gasteiger charge is -2.15. The standard InChI is InChI=1S/C19H19ClO2/c1-12-9-17-18(10-13(12)2)22-8-7-15(19(17)21)11-14-3-5-16(20)6-4-14/h3-6,9-11,19,21H,7-8H2,1-2H3/b15-11+. The highest BCUT2D eigenvalue weighted by atomic mass is 35.5. The molecule has 0 saturated heterocycles. The van der Waals surface area contributed by atoms with Crippen LogP contribution in [-0.4, -0.2) is 11.7 Å². The summed E-state index contributed by atoms with van der Waals surface area (Å²) in [5.41, 5.74) is 5.18. The minimum absolute atomic E-state index is 0.575. The minimum atomic E-state index is -0.632. The normalized spacial score (nSPS) is 19.5. The van der Waals surface area contributed by atoms with Gasteiger partial charge in [-0.1, -0.05) is 29.8 Å². The SMILES string of the molecule is Cc1cc2c(cc1C)C(O)/C(=C/c1ccc(Cl)cc1)CCO2. The van der Waals surface area contributed by atoms with Gasteiger partial charge in [0.25, 0.3) is 0 Å². The molecule has 2 nitrogen and oxygen atoms in total. The maximum Gasteiger partial charge on any atom is 0.125 e. The maximum atomic E-state index is 10.8. The fourth-order valence-corrected chi connectivity index (χ4v) is 2.82. The Hall–Kier alpha value is -1.77.